The predicted molar refractivity (Wildman–Crippen MR) is 169 cm³/mol. The Balaban J connectivity index is 1.72. The summed E-state index contributed by atoms with van der Waals surface area (Å²) in [4.78, 5) is 50.9. The topological polar surface area (TPSA) is 134 Å². The highest BCUT2D eigenvalue weighted by Crippen LogP contribution is 2.40. The van der Waals surface area contributed by atoms with E-state index in [9.17, 15) is 24.3 Å². The number of rotatable bonds is 13. The van der Waals surface area contributed by atoms with Crippen molar-refractivity contribution in [2.24, 2.45) is 11.8 Å². The van der Waals surface area contributed by atoms with Gasteiger partial charge in [-0.3, -0.25) is 14.3 Å². The molecule has 0 bridgehead atoms. The Bertz CT molecular complexity index is 1300. The molecule has 1 saturated heterocycles. The molecule has 1 heterocycles. The molecular formula is C32H42ClN3O6S. The number of ether oxygens (including phenoxy) is 1. The Morgan fingerprint density at radius 3 is 2.37 bits per heavy atom. The molecule has 43 heavy (non-hydrogen) atoms. The van der Waals surface area contributed by atoms with E-state index in [1.807, 2.05) is 90.1 Å². The molecular weight excluding hydrogens is 590 g/mol. The summed E-state index contributed by atoms with van der Waals surface area (Å²) in [7, 11) is 0. The van der Waals surface area contributed by atoms with Gasteiger partial charge in [0.05, 0.1) is 0 Å². The van der Waals surface area contributed by atoms with Crippen LogP contribution in [0, 0.1) is 11.8 Å². The molecule has 3 rings (SSSR count). The standard InChI is InChI=1S/C32H42ClN3O6S/c1-19(2)15-25(28(38)34-24(29(39)40)16-21-18-31(3,4)35-27(21)37)43-36-30(41)42-26(20-11-8-7-9-12-20)32(5,6)22-13-10-14-23(33)17-22/h7-14,17,19,21,24-26H,15-16,18H2,1-6H3,(H,34,38)(H,35,37)(H,36,41)(H,39,40)/t21?,24?,25-,26?/m0/s1. The van der Waals surface area contributed by atoms with E-state index in [1.54, 1.807) is 6.07 Å². The Morgan fingerprint density at radius 1 is 1.14 bits per heavy atom. The van der Waals surface area contributed by atoms with E-state index < -0.39 is 52.2 Å². The number of carbonyl (C=O) groups excluding carboxylic acids is 3. The Morgan fingerprint density at radius 2 is 1.81 bits per heavy atom. The SMILES string of the molecule is CC(C)C[C@H](SNC(=O)OC(c1ccccc1)C(C)(C)c1cccc(Cl)c1)C(=O)NC(CC1CC(C)(C)NC1=O)C(=O)O. The normalized spacial score (nSPS) is 18.3. The third kappa shape index (κ3) is 9.63. The van der Waals surface area contributed by atoms with E-state index >= 15 is 0 Å². The van der Waals surface area contributed by atoms with E-state index in [1.165, 1.54) is 0 Å². The first kappa shape index (κ1) is 34.3. The maximum atomic E-state index is 13.3. The summed E-state index contributed by atoms with van der Waals surface area (Å²) >= 11 is 7.15. The van der Waals surface area contributed by atoms with Crippen molar-refractivity contribution in [2.45, 2.75) is 89.2 Å². The van der Waals surface area contributed by atoms with Crippen LogP contribution in [-0.2, 0) is 24.5 Å². The summed E-state index contributed by atoms with van der Waals surface area (Å²) in [5.74, 6) is -2.44. The lowest BCUT2D eigenvalue weighted by Gasteiger charge is -2.35. The van der Waals surface area contributed by atoms with Crippen molar-refractivity contribution in [2.75, 3.05) is 0 Å². The molecule has 2 aromatic carbocycles. The van der Waals surface area contributed by atoms with Crippen molar-refractivity contribution in [1.82, 2.24) is 15.4 Å². The van der Waals surface area contributed by atoms with Crippen molar-refractivity contribution in [1.29, 1.82) is 0 Å². The van der Waals surface area contributed by atoms with Gasteiger partial charge in [0.15, 0.2) is 0 Å². The minimum absolute atomic E-state index is 0.0256. The summed E-state index contributed by atoms with van der Waals surface area (Å²) in [6, 6.07) is 15.5. The third-order valence-electron chi connectivity index (χ3n) is 7.54. The molecule has 0 radical (unpaired) electrons. The largest absolute Gasteiger partial charge is 0.480 e. The molecule has 1 aliphatic rings. The van der Waals surface area contributed by atoms with Gasteiger partial charge in [-0.15, -0.1) is 0 Å². The predicted octanol–water partition coefficient (Wildman–Crippen LogP) is 6.02. The first-order chi connectivity index (χ1) is 20.1. The maximum Gasteiger partial charge on any atom is 0.417 e. The molecule has 0 aliphatic carbocycles. The van der Waals surface area contributed by atoms with Crippen molar-refractivity contribution < 1.29 is 29.0 Å². The van der Waals surface area contributed by atoms with Gasteiger partial charge >= 0.3 is 12.1 Å². The van der Waals surface area contributed by atoms with Crippen LogP contribution in [-0.4, -0.2) is 45.8 Å². The van der Waals surface area contributed by atoms with E-state index in [0.29, 0.717) is 17.9 Å². The highest BCUT2D eigenvalue weighted by molar-refractivity contribution is 7.99. The van der Waals surface area contributed by atoms with Gasteiger partial charge < -0.3 is 20.5 Å². The molecule has 3 amide bonds. The number of halogens is 1. The summed E-state index contributed by atoms with van der Waals surface area (Å²) in [6.45, 7) is 11.5. The van der Waals surface area contributed by atoms with Crippen LogP contribution >= 0.6 is 23.5 Å². The molecule has 11 heteroatoms. The number of carboxylic acid groups (broad SMARTS) is 1. The molecule has 3 unspecified atom stereocenters. The van der Waals surface area contributed by atoms with Crippen LogP contribution in [0.1, 0.15) is 78.0 Å². The van der Waals surface area contributed by atoms with Crippen LogP contribution in [0.15, 0.2) is 54.6 Å². The number of carboxylic acids is 1. The average Bonchev–Trinajstić information content (AvgIpc) is 3.19. The van der Waals surface area contributed by atoms with E-state index in [-0.39, 0.29) is 18.2 Å². The highest BCUT2D eigenvalue weighted by Gasteiger charge is 2.41. The molecule has 1 aliphatic heterocycles. The zero-order valence-corrected chi connectivity index (χ0v) is 27.1. The monoisotopic (exact) mass is 631 g/mol. The zero-order valence-electron chi connectivity index (χ0n) is 25.5. The number of aliphatic carboxylic acids is 1. The molecule has 0 saturated carbocycles. The second-order valence-corrected chi connectivity index (χ2v) is 14.1. The number of benzene rings is 2. The Hall–Kier alpha value is -3.24. The molecule has 1 fully saturated rings. The fourth-order valence-corrected chi connectivity index (χ4v) is 6.48. The van der Waals surface area contributed by atoms with E-state index in [4.69, 9.17) is 16.3 Å². The van der Waals surface area contributed by atoms with Crippen LogP contribution in [0.3, 0.4) is 0 Å². The molecule has 9 nitrogen and oxygen atoms in total. The van der Waals surface area contributed by atoms with Gasteiger partial charge in [-0.1, -0.05) is 81.8 Å². The molecule has 4 atom stereocenters. The average molecular weight is 632 g/mol. The summed E-state index contributed by atoms with van der Waals surface area (Å²) < 4.78 is 8.64. The van der Waals surface area contributed by atoms with Gasteiger partial charge in [0.25, 0.3) is 0 Å². The summed E-state index contributed by atoms with van der Waals surface area (Å²) in [5, 5.41) is 15.0. The quantitative estimate of drug-likeness (QED) is 0.199. The van der Waals surface area contributed by atoms with E-state index in [2.05, 4.69) is 15.4 Å². The van der Waals surface area contributed by atoms with Crippen molar-refractivity contribution in [3.05, 3.63) is 70.7 Å². The summed E-state index contributed by atoms with van der Waals surface area (Å²) in [6.07, 6.45) is -0.617. The minimum Gasteiger partial charge on any atom is -0.480 e. The number of amides is 3. The molecule has 2 aromatic rings. The Labute approximate surface area is 263 Å². The third-order valence-corrected chi connectivity index (χ3v) is 8.75. The van der Waals surface area contributed by atoms with Gasteiger partial charge in [-0.25, -0.2) is 9.59 Å². The van der Waals surface area contributed by atoms with Crippen LogP contribution in [0.5, 0.6) is 0 Å². The van der Waals surface area contributed by atoms with Gasteiger partial charge in [-0.05, 0) is 74.2 Å². The fourth-order valence-electron chi connectivity index (χ4n) is 5.34. The smallest absolute Gasteiger partial charge is 0.417 e. The van der Waals surface area contributed by atoms with Crippen molar-refractivity contribution in [3.8, 4) is 0 Å². The molecule has 234 valence electrons. The van der Waals surface area contributed by atoms with Gasteiger partial charge in [0.2, 0.25) is 11.8 Å². The van der Waals surface area contributed by atoms with Gasteiger partial charge in [0.1, 0.15) is 17.4 Å². The molecule has 0 aromatic heterocycles. The summed E-state index contributed by atoms with van der Waals surface area (Å²) in [5.41, 5.74) is 0.560. The maximum absolute atomic E-state index is 13.3. The van der Waals surface area contributed by atoms with Crippen molar-refractivity contribution >= 4 is 47.4 Å². The number of hydrogen-bond acceptors (Lipinski definition) is 6. The zero-order chi connectivity index (χ0) is 31.9. The first-order valence-electron chi connectivity index (χ1n) is 14.4. The fraction of sp³-hybridized carbons (Fsp3) is 0.500. The minimum atomic E-state index is -1.25. The second kappa shape index (κ2) is 14.5. The lowest BCUT2D eigenvalue weighted by Crippen LogP contribution is -2.47. The van der Waals surface area contributed by atoms with Crippen molar-refractivity contribution in [3.63, 3.8) is 0 Å². The van der Waals surface area contributed by atoms with Crippen LogP contribution in [0.25, 0.3) is 0 Å². The Kier molecular flexibility index (Phi) is 11.5. The van der Waals surface area contributed by atoms with Crippen LogP contribution in [0.4, 0.5) is 4.79 Å². The van der Waals surface area contributed by atoms with E-state index in [0.717, 1.165) is 23.1 Å². The highest BCUT2D eigenvalue weighted by atomic mass is 35.5. The lowest BCUT2D eigenvalue weighted by atomic mass is 9.76. The van der Waals surface area contributed by atoms with Crippen LogP contribution in [0.2, 0.25) is 5.02 Å². The number of carbonyl (C=O) groups is 4. The molecule has 0 spiro atoms. The lowest BCUT2D eigenvalue weighted by molar-refractivity contribution is -0.142. The molecule has 4 N–H and O–H groups in total. The number of nitrogens with one attached hydrogen (secondary N) is 3. The van der Waals surface area contributed by atoms with Crippen LogP contribution < -0.4 is 15.4 Å². The number of hydrogen-bond donors (Lipinski definition) is 4. The van der Waals surface area contributed by atoms with Gasteiger partial charge in [-0.2, -0.15) is 0 Å². The second-order valence-electron chi connectivity index (χ2n) is 12.7. The van der Waals surface area contributed by atoms with Gasteiger partial charge in [0, 0.05) is 21.9 Å². The first-order valence-corrected chi connectivity index (χ1v) is 15.6.